The van der Waals surface area contributed by atoms with Crippen LogP contribution in [0.15, 0.2) is 80.8 Å². The molecule has 156 valence electrons. The van der Waals surface area contributed by atoms with E-state index in [4.69, 9.17) is 14.3 Å². The van der Waals surface area contributed by atoms with Crippen LogP contribution in [0, 0.1) is 0 Å². The van der Waals surface area contributed by atoms with Crippen LogP contribution in [0.1, 0.15) is 12.0 Å². The molecule has 0 saturated carbocycles. The van der Waals surface area contributed by atoms with Crippen LogP contribution < -0.4 is 15.3 Å². The quantitative estimate of drug-likeness (QED) is 0.524. The van der Waals surface area contributed by atoms with Gasteiger partial charge in [-0.1, -0.05) is 18.2 Å². The average molecular weight is 433 g/mol. The molecule has 2 N–H and O–H groups in total. The van der Waals surface area contributed by atoms with Crippen molar-refractivity contribution in [3.05, 3.63) is 82.5 Å². The SMILES string of the molecule is NS(=O)(=O)c1ccc(-c2oc3ccccc3c(=O)c2-c2ccc3c(c2)CCCO3)cc1. The molecule has 5 rings (SSSR count). The van der Waals surface area contributed by atoms with Crippen LogP contribution in [0.3, 0.4) is 0 Å². The zero-order valence-electron chi connectivity index (χ0n) is 16.5. The van der Waals surface area contributed by atoms with Gasteiger partial charge in [0.1, 0.15) is 17.1 Å². The topological polar surface area (TPSA) is 99.6 Å². The van der Waals surface area contributed by atoms with E-state index in [0.29, 0.717) is 34.5 Å². The average Bonchev–Trinajstić information content (AvgIpc) is 2.78. The minimum atomic E-state index is -3.82. The highest BCUT2D eigenvalue weighted by Crippen LogP contribution is 2.36. The maximum atomic E-state index is 13.5. The summed E-state index contributed by atoms with van der Waals surface area (Å²) in [6.45, 7) is 0.687. The monoisotopic (exact) mass is 433 g/mol. The summed E-state index contributed by atoms with van der Waals surface area (Å²) in [4.78, 5) is 13.5. The molecule has 1 aliphatic rings. The van der Waals surface area contributed by atoms with Crippen LogP contribution in [0.2, 0.25) is 0 Å². The highest BCUT2D eigenvalue weighted by Gasteiger charge is 2.20. The molecule has 6 nitrogen and oxygen atoms in total. The summed E-state index contributed by atoms with van der Waals surface area (Å²) in [7, 11) is -3.82. The van der Waals surface area contributed by atoms with Crippen LogP contribution in [-0.4, -0.2) is 15.0 Å². The first kappa shape index (κ1) is 19.5. The third-order valence-electron chi connectivity index (χ3n) is 5.44. The molecular formula is C24H19NO5S. The highest BCUT2D eigenvalue weighted by molar-refractivity contribution is 7.89. The third-order valence-corrected chi connectivity index (χ3v) is 6.37. The Morgan fingerprint density at radius 3 is 2.42 bits per heavy atom. The van der Waals surface area contributed by atoms with Crippen molar-refractivity contribution in [3.8, 4) is 28.2 Å². The molecule has 0 amide bonds. The Kier molecular flexibility index (Phi) is 4.64. The maximum absolute atomic E-state index is 13.5. The number of ether oxygens (including phenoxy) is 1. The summed E-state index contributed by atoms with van der Waals surface area (Å²) in [5.41, 5.74) is 3.10. The molecule has 31 heavy (non-hydrogen) atoms. The molecule has 0 radical (unpaired) electrons. The second-order valence-corrected chi connectivity index (χ2v) is 9.04. The minimum Gasteiger partial charge on any atom is -0.493 e. The van der Waals surface area contributed by atoms with Crippen molar-refractivity contribution in [3.63, 3.8) is 0 Å². The van der Waals surface area contributed by atoms with Gasteiger partial charge in [-0.05, 0) is 72.5 Å². The van der Waals surface area contributed by atoms with Crippen molar-refractivity contribution in [1.82, 2.24) is 0 Å². The van der Waals surface area contributed by atoms with Gasteiger partial charge in [0.05, 0.1) is 22.5 Å². The van der Waals surface area contributed by atoms with Gasteiger partial charge in [0.15, 0.2) is 0 Å². The smallest absolute Gasteiger partial charge is 0.238 e. The number of nitrogens with two attached hydrogens (primary N) is 1. The zero-order valence-corrected chi connectivity index (χ0v) is 17.3. The number of aryl methyl sites for hydroxylation is 1. The Morgan fingerprint density at radius 1 is 0.903 bits per heavy atom. The number of para-hydroxylation sites is 1. The van der Waals surface area contributed by atoms with Gasteiger partial charge < -0.3 is 9.15 Å². The van der Waals surface area contributed by atoms with Gasteiger partial charge in [-0.3, -0.25) is 4.79 Å². The second kappa shape index (κ2) is 7.37. The second-order valence-electron chi connectivity index (χ2n) is 7.48. The lowest BCUT2D eigenvalue weighted by atomic mass is 9.95. The number of hydrogen-bond donors (Lipinski definition) is 1. The fourth-order valence-corrected chi connectivity index (χ4v) is 4.43. The first-order chi connectivity index (χ1) is 14.9. The fraction of sp³-hybridized carbons (Fsp3) is 0.125. The Hall–Kier alpha value is -3.42. The van der Waals surface area contributed by atoms with Crippen molar-refractivity contribution in [2.45, 2.75) is 17.7 Å². The van der Waals surface area contributed by atoms with Gasteiger partial charge in [0.25, 0.3) is 0 Å². The zero-order chi connectivity index (χ0) is 21.6. The van der Waals surface area contributed by atoms with E-state index in [1.165, 1.54) is 12.1 Å². The molecular weight excluding hydrogens is 414 g/mol. The van der Waals surface area contributed by atoms with Crippen LogP contribution >= 0.6 is 0 Å². The summed E-state index contributed by atoms with van der Waals surface area (Å²) in [6.07, 6.45) is 1.80. The first-order valence-electron chi connectivity index (χ1n) is 9.87. The molecule has 0 aliphatic carbocycles. The Morgan fingerprint density at radius 2 is 1.65 bits per heavy atom. The minimum absolute atomic E-state index is 0.00753. The van der Waals surface area contributed by atoms with E-state index in [9.17, 15) is 13.2 Å². The molecule has 3 aromatic carbocycles. The summed E-state index contributed by atoms with van der Waals surface area (Å²) in [5, 5.41) is 5.70. The number of primary sulfonamides is 1. The van der Waals surface area contributed by atoms with E-state index in [0.717, 1.165) is 29.7 Å². The van der Waals surface area contributed by atoms with Gasteiger partial charge in [-0.15, -0.1) is 0 Å². The van der Waals surface area contributed by atoms with E-state index in [2.05, 4.69) is 0 Å². The van der Waals surface area contributed by atoms with Crippen LogP contribution in [0.4, 0.5) is 0 Å². The van der Waals surface area contributed by atoms with Gasteiger partial charge in [0.2, 0.25) is 15.5 Å². The van der Waals surface area contributed by atoms with Gasteiger partial charge in [0, 0.05) is 5.56 Å². The van der Waals surface area contributed by atoms with Gasteiger partial charge in [-0.25, -0.2) is 13.6 Å². The molecule has 2 heterocycles. The fourth-order valence-electron chi connectivity index (χ4n) is 3.92. The Balaban J connectivity index is 1.77. The summed E-state index contributed by atoms with van der Waals surface area (Å²) >= 11 is 0. The lowest BCUT2D eigenvalue weighted by Gasteiger charge is -2.18. The molecule has 7 heteroatoms. The van der Waals surface area contributed by atoms with Gasteiger partial charge >= 0.3 is 0 Å². The van der Waals surface area contributed by atoms with E-state index >= 15 is 0 Å². The molecule has 0 unspecified atom stereocenters. The molecule has 1 aromatic heterocycles. The summed E-state index contributed by atoms with van der Waals surface area (Å²) in [6, 6.07) is 18.8. The van der Waals surface area contributed by atoms with Crippen molar-refractivity contribution >= 4 is 21.0 Å². The normalized spacial score (nSPS) is 13.6. The molecule has 0 spiro atoms. The predicted molar refractivity (Wildman–Crippen MR) is 119 cm³/mol. The largest absolute Gasteiger partial charge is 0.493 e. The molecule has 4 aromatic rings. The Bertz CT molecular complexity index is 1470. The van der Waals surface area contributed by atoms with E-state index in [1.807, 2.05) is 18.2 Å². The lowest BCUT2D eigenvalue weighted by Crippen LogP contribution is -2.12. The van der Waals surface area contributed by atoms with Crippen molar-refractivity contribution in [1.29, 1.82) is 0 Å². The first-order valence-corrected chi connectivity index (χ1v) is 11.4. The number of benzene rings is 3. The standard InChI is InChI=1S/C24H19NO5S/c25-31(27,28)18-10-7-15(8-11-18)24-22(23(26)19-5-1-2-6-21(19)30-24)17-9-12-20-16(14-17)4-3-13-29-20/h1-2,5-12,14H,3-4,13H2,(H2,25,27,28). The lowest BCUT2D eigenvalue weighted by molar-refractivity contribution is 0.288. The molecule has 0 fully saturated rings. The van der Waals surface area contributed by atoms with Crippen LogP contribution in [0.5, 0.6) is 5.75 Å². The van der Waals surface area contributed by atoms with Crippen LogP contribution in [-0.2, 0) is 16.4 Å². The summed E-state index contributed by atoms with van der Waals surface area (Å²) in [5.74, 6) is 1.21. The summed E-state index contributed by atoms with van der Waals surface area (Å²) < 4.78 is 35.1. The van der Waals surface area contributed by atoms with Crippen molar-refractivity contribution < 1.29 is 17.6 Å². The number of sulfonamides is 1. The van der Waals surface area contributed by atoms with Crippen LogP contribution in [0.25, 0.3) is 33.4 Å². The molecule has 0 bridgehead atoms. The number of rotatable bonds is 3. The number of fused-ring (bicyclic) bond motifs is 2. The van der Waals surface area contributed by atoms with Crippen molar-refractivity contribution in [2.75, 3.05) is 6.61 Å². The third kappa shape index (κ3) is 3.52. The van der Waals surface area contributed by atoms with Crippen molar-refractivity contribution in [2.24, 2.45) is 5.14 Å². The maximum Gasteiger partial charge on any atom is 0.238 e. The van der Waals surface area contributed by atoms with E-state index in [1.54, 1.807) is 36.4 Å². The highest BCUT2D eigenvalue weighted by atomic mass is 32.2. The molecule has 0 saturated heterocycles. The molecule has 1 aliphatic heterocycles. The number of hydrogen-bond acceptors (Lipinski definition) is 5. The molecule has 0 atom stereocenters. The Labute approximate surface area is 178 Å². The predicted octanol–water partition coefficient (Wildman–Crippen LogP) is 4.10. The van der Waals surface area contributed by atoms with E-state index in [-0.39, 0.29) is 10.3 Å². The van der Waals surface area contributed by atoms with E-state index < -0.39 is 10.0 Å². The van der Waals surface area contributed by atoms with Gasteiger partial charge in [-0.2, -0.15) is 0 Å².